The molecule has 0 saturated heterocycles. The molecule has 2 nitrogen and oxygen atoms in total. The maximum atomic E-state index is 12.4. The average molecular weight is 234 g/mol. The van der Waals surface area contributed by atoms with E-state index >= 15 is 0 Å². The molecule has 0 aliphatic carbocycles. The highest BCUT2D eigenvalue weighted by Gasteiger charge is 2.30. The highest BCUT2D eigenvalue weighted by atomic mass is 19.4. The number of halogens is 3. The second-order valence-electron chi connectivity index (χ2n) is 3.30. The second-order valence-corrected chi connectivity index (χ2v) is 3.30. The van der Waals surface area contributed by atoms with Gasteiger partial charge in [0.25, 0.3) is 0 Å². The summed E-state index contributed by atoms with van der Waals surface area (Å²) in [7, 11) is 2.89. The Morgan fingerprint density at radius 3 is 2.31 bits per heavy atom. The first-order valence-corrected chi connectivity index (χ1v) is 4.69. The van der Waals surface area contributed by atoms with Crippen LogP contribution in [0.25, 0.3) is 0 Å². The number of ether oxygens (including phenoxy) is 2. The van der Waals surface area contributed by atoms with Gasteiger partial charge in [0.2, 0.25) is 0 Å². The summed E-state index contributed by atoms with van der Waals surface area (Å²) in [6, 6.07) is 5.13. The molecule has 0 atom stereocenters. The third-order valence-corrected chi connectivity index (χ3v) is 2.18. The van der Waals surface area contributed by atoms with Crippen LogP contribution in [0, 0.1) is 0 Å². The first kappa shape index (κ1) is 13.0. The van der Waals surface area contributed by atoms with Crippen LogP contribution >= 0.6 is 0 Å². The van der Waals surface area contributed by atoms with E-state index in [-0.39, 0.29) is 6.42 Å². The molecule has 0 fully saturated rings. The fraction of sp³-hybridized carbons (Fsp3) is 0.455. The van der Waals surface area contributed by atoms with E-state index in [9.17, 15) is 13.2 Å². The predicted octanol–water partition coefficient (Wildman–Crippen LogP) is 2.87. The molecule has 90 valence electrons. The van der Waals surface area contributed by atoms with Crippen LogP contribution in [0.3, 0.4) is 0 Å². The Labute approximate surface area is 92.0 Å². The van der Waals surface area contributed by atoms with Crippen molar-refractivity contribution in [3.05, 3.63) is 35.4 Å². The van der Waals surface area contributed by atoms with Crippen molar-refractivity contribution in [3.8, 4) is 0 Å². The number of benzene rings is 1. The fourth-order valence-corrected chi connectivity index (χ4v) is 1.33. The van der Waals surface area contributed by atoms with Crippen molar-refractivity contribution in [2.75, 3.05) is 14.2 Å². The van der Waals surface area contributed by atoms with E-state index in [2.05, 4.69) is 0 Å². The normalized spacial score (nSPS) is 12.1. The largest absolute Gasteiger partial charge is 0.416 e. The molecule has 0 amide bonds. The standard InChI is InChI=1S/C11H13F3O2/c1-15-10(16-2)7-8-4-3-5-9(6-8)11(12,13)14/h3-6,10H,7H2,1-2H3. The lowest BCUT2D eigenvalue weighted by Crippen LogP contribution is -2.16. The summed E-state index contributed by atoms with van der Waals surface area (Å²) < 4.78 is 47.1. The number of hydrogen-bond donors (Lipinski definition) is 0. The zero-order valence-electron chi connectivity index (χ0n) is 9.04. The summed E-state index contributed by atoms with van der Waals surface area (Å²) in [5.74, 6) is 0. The summed E-state index contributed by atoms with van der Waals surface area (Å²) >= 11 is 0. The van der Waals surface area contributed by atoms with Crippen molar-refractivity contribution >= 4 is 0 Å². The zero-order valence-corrected chi connectivity index (χ0v) is 9.04. The highest BCUT2D eigenvalue weighted by Crippen LogP contribution is 2.29. The molecular formula is C11H13F3O2. The van der Waals surface area contributed by atoms with Crippen molar-refractivity contribution < 1.29 is 22.6 Å². The lowest BCUT2D eigenvalue weighted by molar-refractivity contribution is -0.137. The van der Waals surface area contributed by atoms with Gasteiger partial charge in [0.1, 0.15) is 0 Å². The van der Waals surface area contributed by atoms with Gasteiger partial charge in [0.05, 0.1) is 5.56 Å². The Kier molecular flexibility index (Phi) is 4.32. The van der Waals surface area contributed by atoms with Crippen LogP contribution in [0.2, 0.25) is 0 Å². The minimum Gasteiger partial charge on any atom is -0.356 e. The van der Waals surface area contributed by atoms with E-state index in [4.69, 9.17) is 9.47 Å². The quantitative estimate of drug-likeness (QED) is 0.746. The third kappa shape index (κ3) is 3.50. The van der Waals surface area contributed by atoms with Crippen LogP contribution in [0.15, 0.2) is 24.3 Å². The van der Waals surface area contributed by atoms with Gasteiger partial charge in [-0.2, -0.15) is 13.2 Å². The Morgan fingerprint density at radius 1 is 1.19 bits per heavy atom. The van der Waals surface area contributed by atoms with E-state index < -0.39 is 18.0 Å². The second kappa shape index (κ2) is 5.32. The Hall–Kier alpha value is -1.07. The molecule has 1 rings (SSSR count). The predicted molar refractivity (Wildman–Crippen MR) is 53.0 cm³/mol. The maximum Gasteiger partial charge on any atom is 0.416 e. The van der Waals surface area contributed by atoms with Gasteiger partial charge in [0.15, 0.2) is 6.29 Å². The summed E-state index contributed by atoms with van der Waals surface area (Å²) in [5, 5.41) is 0. The van der Waals surface area contributed by atoms with Crippen LogP contribution in [0.4, 0.5) is 13.2 Å². The van der Waals surface area contributed by atoms with Gasteiger partial charge in [-0.3, -0.25) is 0 Å². The van der Waals surface area contributed by atoms with E-state index in [1.807, 2.05) is 0 Å². The van der Waals surface area contributed by atoms with E-state index in [1.165, 1.54) is 20.3 Å². The zero-order chi connectivity index (χ0) is 12.2. The van der Waals surface area contributed by atoms with Gasteiger partial charge in [-0.05, 0) is 11.6 Å². The molecule has 0 spiro atoms. The summed E-state index contributed by atoms with van der Waals surface area (Å²) in [6.45, 7) is 0. The Morgan fingerprint density at radius 2 is 1.81 bits per heavy atom. The van der Waals surface area contributed by atoms with Gasteiger partial charge in [-0.1, -0.05) is 18.2 Å². The lowest BCUT2D eigenvalue weighted by Gasteiger charge is -2.14. The van der Waals surface area contributed by atoms with Gasteiger partial charge in [-0.15, -0.1) is 0 Å². The first-order chi connectivity index (χ1) is 7.47. The number of alkyl halides is 3. The summed E-state index contributed by atoms with van der Waals surface area (Å²) in [5.41, 5.74) is -0.125. The molecule has 0 bridgehead atoms. The van der Waals surface area contributed by atoms with Gasteiger partial charge in [-0.25, -0.2) is 0 Å². The lowest BCUT2D eigenvalue weighted by atomic mass is 10.1. The number of methoxy groups -OCH3 is 2. The fourth-order valence-electron chi connectivity index (χ4n) is 1.33. The van der Waals surface area contributed by atoms with E-state index in [0.717, 1.165) is 12.1 Å². The SMILES string of the molecule is COC(Cc1cccc(C(F)(F)F)c1)OC. The topological polar surface area (TPSA) is 18.5 Å². The minimum atomic E-state index is -4.31. The van der Waals surface area contributed by atoms with E-state index in [0.29, 0.717) is 5.56 Å². The molecule has 0 aliphatic heterocycles. The minimum absolute atomic E-state index is 0.289. The first-order valence-electron chi connectivity index (χ1n) is 4.69. The molecule has 1 aromatic carbocycles. The molecule has 0 aromatic heterocycles. The summed E-state index contributed by atoms with van der Waals surface area (Å²) in [6.07, 6.45) is -4.55. The Bertz CT molecular complexity index is 332. The number of rotatable bonds is 4. The van der Waals surface area contributed by atoms with Crippen molar-refractivity contribution in [1.82, 2.24) is 0 Å². The molecule has 0 N–H and O–H groups in total. The molecule has 1 aromatic rings. The summed E-state index contributed by atoms with van der Waals surface area (Å²) in [4.78, 5) is 0. The maximum absolute atomic E-state index is 12.4. The van der Waals surface area contributed by atoms with Gasteiger partial charge in [0, 0.05) is 20.6 Å². The van der Waals surface area contributed by atoms with Crippen LogP contribution < -0.4 is 0 Å². The molecule has 0 aliphatic rings. The highest BCUT2D eigenvalue weighted by molar-refractivity contribution is 5.25. The smallest absolute Gasteiger partial charge is 0.356 e. The Balaban J connectivity index is 2.82. The van der Waals surface area contributed by atoms with Crippen molar-refractivity contribution in [3.63, 3.8) is 0 Å². The molecule has 16 heavy (non-hydrogen) atoms. The van der Waals surface area contributed by atoms with Crippen LogP contribution in [-0.2, 0) is 22.1 Å². The van der Waals surface area contributed by atoms with Crippen LogP contribution in [0.1, 0.15) is 11.1 Å². The van der Waals surface area contributed by atoms with Crippen molar-refractivity contribution in [1.29, 1.82) is 0 Å². The number of hydrogen-bond acceptors (Lipinski definition) is 2. The van der Waals surface area contributed by atoms with Crippen LogP contribution in [0.5, 0.6) is 0 Å². The van der Waals surface area contributed by atoms with Gasteiger partial charge >= 0.3 is 6.18 Å². The monoisotopic (exact) mass is 234 g/mol. The molecule has 0 unspecified atom stereocenters. The molecule has 0 heterocycles. The van der Waals surface area contributed by atoms with Crippen LogP contribution in [-0.4, -0.2) is 20.5 Å². The van der Waals surface area contributed by atoms with Crippen molar-refractivity contribution in [2.24, 2.45) is 0 Å². The molecular weight excluding hydrogens is 221 g/mol. The van der Waals surface area contributed by atoms with Crippen molar-refractivity contribution in [2.45, 2.75) is 18.9 Å². The van der Waals surface area contributed by atoms with E-state index in [1.54, 1.807) is 6.07 Å². The molecule has 0 radical (unpaired) electrons. The molecule has 5 heteroatoms. The average Bonchev–Trinajstić information content (AvgIpc) is 2.25. The molecule has 0 saturated carbocycles. The third-order valence-electron chi connectivity index (χ3n) is 2.18. The van der Waals surface area contributed by atoms with Gasteiger partial charge < -0.3 is 9.47 Å².